The van der Waals surface area contributed by atoms with Gasteiger partial charge in [-0.2, -0.15) is 0 Å². The quantitative estimate of drug-likeness (QED) is 0.726. The van der Waals surface area contributed by atoms with Gasteiger partial charge in [-0.25, -0.2) is 0 Å². The highest BCUT2D eigenvalue weighted by molar-refractivity contribution is 4.72. The molecule has 1 aliphatic heterocycles. The number of ether oxygens (including phenoxy) is 2. The Morgan fingerprint density at radius 1 is 1.50 bits per heavy atom. The van der Waals surface area contributed by atoms with Gasteiger partial charge in [0, 0.05) is 13.0 Å². The average molecular weight is 198 g/mol. The fourth-order valence-corrected chi connectivity index (χ4v) is 1.43. The summed E-state index contributed by atoms with van der Waals surface area (Å²) in [6, 6.07) is 0. The Bertz CT molecular complexity index is 245. The van der Waals surface area contributed by atoms with E-state index < -0.39 is 0 Å². The van der Waals surface area contributed by atoms with E-state index in [9.17, 15) is 0 Å². The van der Waals surface area contributed by atoms with Crippen molar-refractivity contribution in [1.29, 1.82) is 0 Å². The van der Waals surface area contributed by atoms with Crippen LogP contribution in [-0.4, -0.2) is 29.7 Å². The molecule has 1 fully saturated rings. The van der Waals surface area contributed by atoms with Crippen molar-refractivity contribution in [3.05, 3.63) is 12.3 Å². The Kier molecular flexibility index (Phi) is 3.48. The van der Waals surface area contributed by atoms with Crippen LogP contribution >= 0.6 is 0 Å². The lowest BCUT2D eigenvalue weighted by Crippen LogP contribution is -2.23. The predicted molar refractivity (Wildman–Crippen MR) is 47.5 cm³/mol. The van der Waals surface area contributed by atoms with E-state index in [1.165, 1.54) is 12.8 Å². The molecule has 2 heterocycles. The van der Waals surface area contributed by atoms with Gasteiger partial charge in [0.25, 0.3) is 0 Å². The molecule has 1 atom stereocenters. The van der Waals surface area contributed by atoms with Gasteiger partial charge in [0.15, 0.2) is 6.29 Å². The molecule has 0 spiro atoms. The highest BCUT2D eigenvalue weighted by atomic mass is 16.7. The van der Waals surface area contributed by atoms with E-state index in [1.54, 1.807) is 0 Å². The Balaban J connectivity index is 1.62. The van der Waals surface area contributed by atoms with Crippen LogP contribution in [0.15, 0.2) is 10.8 Å². The predicted octanol–water partition coefficient (Wildman–Crippen LogP) is 1.16. The van der Waals surface area contributed by atoms with Crippen LogP contribution < -0.4 is 0 Å². The third-order valence-electron chi connectivity index (χ3n) is 2.16. The first-order valence-corrected chi connectivity index (χ1v) is 4.93. The minimum atomic E-state index is -0.0355. The largest absolute Gasteiger partial charge is 0.428 e. The zero-order valence-electron chi connectivity index (χ0n) is 8.02. The lowest BCUT2D eigenvalue weighted by atomic mass is 10.2. The van der Waals surface area contributed by atoms with Gasteiger partial charge in [0.1, 0.15) is 0 Å². The second kappa shape index (κ2) is 5.07. The molecule has 2 rings (SSSR count). The van der Waals surface area contributed by atoms with Gasteiger partial charge in [-0.15, -0.1) is 10.2 Å². The molecule has 5 heteroatoms. The maximum absolute atomic E-state index is 5.51. The molecule has 0 N–H and O–H groups in total. The summed E-state index contributed by atoms with van der Waals surface area (Å²) in [5, 5.41) is 7.35. The molecule has 0 radical (unpaired) electrons. The van der Waals surface area contributed by atoms with Crippen molar-refractivity contribution in [3.8, 4) is 0 Å². The highest BCUT2D eigenvalue weighted by Crippen LogP contribution is 2.13. The van der Waals surface area contributed by atoms with Crippen LogP contribution in [0.2, 0.25) is 0 Å². The maximum atomic E-state index is 5.51. The van der Waals surface area contributed by atoms with E-state index in [0.717, 1.165) is 19.4 Å². The molecule has 0 saturated carbocycles. The van der Waals surface area contributed by atoms with Crippen molar-refractivity contribution in [1.82, 2.24) is 10.2 Å². The minimum absolute atomic E-state index is 0.0355. The molecule has 0 aromatic carbocycles. The highest BCUT2D eigenvalue weighted by Gasteiger charge is 2.13. The number of hydrogen-bond acceptors (Lipinski definition) is 5. The molecule has 78 valence electrons. The lowest BCUT2D eigenvalue weighted by molar-refractivity contribution is -0.162. The zero-order valence-corrected chi connectivity index (χ0v) is 8.02. The molecule has 1 aromatic heterocycles. The van der Waals surface area contributed by atoms with Gasteiger partial charge in [-0.3, -0.25) is 0 Å². The normalized spacial score (nSPS) is 22.4. The molecule has 0 bridgehead atoms. The van der Waals surface area contributed by atoms with Gasteiger partial charge in [-0.05, 0) is 19.3 Å². The first kappa shape index (κ1) is 9.61. The van der Waals surface area contributed by atoms with Gasteiger partial charge < -0.3 is 13.9 Å². The van der Waals surface area contributed by atoms with Crippen molar-refractivity contribution in [3.63, 3.8) is 0 Å². The van der Waals surface area contributed by atoms with Crippen LogP contribution in [-0.2, 0) is 15.9 Å². The molecular formula is C9H14N2O3. The fraction of sp³-hybridized carbons (Fsp3) is 0.778. The molecule has 0 aliphatic carbocycles. The van der Waals surface area contributed by atoms with Gasteiger partial charge >= 0.3 is 0 Å². The number of rotatable bonds is 4. The molecule has 5 nitrogen and oxygen atoms in total. The summed E-state index contributed by atoms with van der Waals surface area (Å²) < 4.78 is 15.9. The van der Waals surface area contributed by atoms with Crippen LogP contribution in [0.1, 0.15) is 25.2 Å². The Hall–Kier alpha value is -0.940. The lowest BCUT2D eigenvalue weighted by Gasteiger charge is -2.22. The molecule has 1 aliphatic rings. The standard InChI is InChI=1S/C9H14N2O3/c1-2-5-12-9(3-1)13-6-4-8-11-10-7-14-8/h7,9H,1-6H2. The number of aromatic nitrogens is 2. The van der Waals surface area contributed by atoms with E-state index in [2.05, 4.69) is 10.2 Å². The zero-order chi connectivity index (χ0) is 9.64. The van der Waals surface area contributed by atoms with E-state index in [1.807, 2.05) is 0 Å². The Labute approximate surface area is 82.4 Å². The van der Waals surface area contributed by atoms with Crippen LogP contribution in [0, 0.1) is 0 Å². The monoisotopic (exact) mass is 198 g/mol. The topological polar surface area (TPSA) is 57.4 Å². The van der Waals surface area contributed by atoms with E-state index in [0.29, 0.717) is 18.9 Å². The van der Waals surface area contributed by atoms with Crippen LogP contribution in [0.5, 0.6) is 0 Å². The maximum Gasteiger partial charge on any atom is 0.218 e. The van der Waals surface area contributed by atoms with Crippen molar-refractivity contribution < 1.29 is 13.9 Å². The van der Waals surface area contributed by atoms with E-state index in [4.69, 9.17) is 13.9 Å². The molecule has 1 unspecified atom stereocenters. The fourth-order valence-electron chi connectivity index (χ4n) is 1.43. The molecular weight excluding hydrogens is 184 g/mol. The molecule has 1 saturated heterocycles. The van der Waals surface area contributed by atoms with Gasteiger partial charge in [0.2, 0.25) is 12.3 Å². The molecule has 1 aromatic rings. The SMILES string of the molecule is c1nnc(CCOC2CCCCO2)o1. The van der Waals surface area contributed by atoms with Crippen molar-refractivity contribution in [2.45, 2.75) is 32.0 Å². The Morgan fingerprint density at radius 2 is 2.50 bits per heavy atom. The van der Waals surface area contributed by atoms with Gasteiger partial charge in [0.05, 0.1) is 6.61 Å². The third-order valence-corrected chi connectivity index (χ3v) is 2.16. The summed E-state index contributed by atoms with van der Waals surface area (Å²) >= 11 is 0. The Morgan fingerprint density at radius 3 is 3.21 bits per heavy atom. The molecule has 14 heavy (non-hydrogen) atoms. The van der Waals surface area contributed by atoms with E-state index >= 15 is 0 Å². The second-order valence-corrected chi connectivity index (χ2v) is 3.25. The number of nitrogens with zero attached hydrogens (tertiary/aromatic N) is 2. The second-order valence-electron chi connectivity index (χ2n) is 3.25. The van der Waals surface area contributed by atoms with Crippen molar-refractivity contribution >= 4 is 0 Å². The summed E-state index contributed by atoms with van der Waals surface area (Å²) in [6.07, 6.45) is 5.26. The summed E-state index contributed by atoms with van der Waals surface area (Å²) in [5.41, 5.74) is 0. The van der Waals surface area contributed by atoms with Crippen LogP contribution in [0.4, 0.5) is 0 Å². The summed E-state index contributed by atoms with van der Waals surface area (Å²) in [7, 11) is 0. The average Bonchev–Trinajstić information content (AvgIpc) is 2.72. The van der Waals surface area contributed by atoms with Crippen molar-refractivity contribution in [2.24, 2.45) is 0 Å². The first-order chi connectivity index (χ1) is 6.95. The first-order valence-electron chi connectivity index (χ1n) is 4.93. The summed E-state index contributed by atoms with van der Waals surface area (Å²) in [4.78, 5) is 0. The number of hydrogen-bond donors (Lipinski definition) is 0. The summed E-state index contributed by atoms with van der Waals surface area (Å²) in [6.45, 7) is 1.39. The summed E-state index contributed by atoms with van der Waals surface area (Å²) in [5.74, 6) is 0.612. The smallest absolute Gasteiger partial charge is 0.218 e. The van der Waals surface area contributed by atoms with Gasteiger partial charge in [-0.1, -0.05) is 0 Å². The minimum Gasteiger partial charge on any atom is -0.428 e. The third kappa shape index (κ3) is 2.78. The van der Waals surface area contributed by atoms with Crippen LogP contribution in [0.25, 0.3) is 0 Å². The molecule has 0 amide bonds. The van der Waals surface area contributed by atoms with Crippen LogP contribution in [0.3, 0.4) is 0 Å². The van der Waals surface area contributed by atoms with E-state index in [-0.39, 0.29) is 6.29 Å². The van der Waals surface area contributed by atoms with Crippen molar-refractivity contribution in [2.75, 3.05) is 13.2 Å².